The van der Waals surface area contributed by atoms with E-state index in [9.17, 15) is 0 Å². The van der Waals surface area contributed by atoms with Crippen LogP contribution < -0.4 is 23.8 Å². The van der Waals surface area contributed by atoms with Gasteiger partial charge in [-0.05, 0) is 24.5 Å². The Labute approximate surface area is 154 Å². The molecule has 0 aromatic heterocycles. The molecule has 0 heterocycles. The number of allylic oxidation sites excluding steroid dienone is 3. The Morgan fingerprint density at radius 2 is 1.65 bits per heavy atom. The molecule has 1 aromatic carbocycles. The Morgan fingerprint density at radius 1 is 1.04 bits per heavy atom. The second kappa shape index (κ2) is 7.44. The van der Waals surface area contributed by atoms with Gasteiger partial charge in [-0.15, -0.1) is 0 Å². The topological polar surface area (TPSA) is 17.3 Å². The van der Waals surface area contributed by atoms with Crippen LogP contribution >= 0.6 is 0 Å². The van der Waals surface area contributed by atoms with Gasteiger partial charge in [0, 0.05) is 24.7 Å². The summed E-state index contributed by atoms with van der Waals surface area (Å²) in [6.45, 7) is 4.84. The van der Waals surface area contributed by atoms with Gasteiger partial charge < -0.3 is 9.88 Å². The van der Waals surface area contributed by atoms with E-state index in [-0.39, 0.29) is 18.9 Å². The minimum atomic E-state index is -1.53. The quantitative estimate of drug-likeness (QED) is 0.775. The van der Waals surface area contributed by atoms with Gasteiger partial charge in [-0.3, -0.25) is 0 Å². The molecule has 4 atom stereocenters. The van der Waals surface area contributed by atoms with Crippen molar-refractivity contribution in [1.82, 2.24) is 0 Å². The Balaban J connectivity index is 0.00000192. The first-order valence-corrected chi connectivity index (χ1v) is 11.3. The molecule has 2 nitrogen and oxygen atoms in total. The minimum absolute atomic E-state index is 0. The van der Waals surface area contributed by atoms with E-state index in [1.807, 2.05) is 7.05 Å². The molecule has 1 aromatic rings. The van der Waals surface area contributed by atoms with Gasteiger partial charge in [0.1, 0.15) is 0 Å². The summed E-state index contributed by atoms with van der Waals surface area (Å²) in [7, 11) is 2.75. The zero-order valence-electron chi connectivity index (χ0n) is 15.1. The largest absolute Gasteiger partial charge is 1.00 e. The molecule has 0 bridgehead atoms. The molecule has 2 aliphatic rings. The van der Waals surface area contributed by atoms with E-state index in [1.54, 1.807) is 0 Å². The summed E-state index contributed by atoms with van der Waals surface area (Å²) in [5, 5.41) is 0. The fraction of sp³-hybridized carbons (Fsp3) is 0.474. The molecule has 0 saturated heterocycles. The van der Waals surface area contributed by atoms with Crippen molar-refractivity contribution in [3.05, 3.63) is 59.6 Å². The molecule has 0 amide bonds. The number of fused-ring (bicyclic) bond motifs is 1. The zero-order chi connectivity index (χ0) is 15.7. The van der Waals surface area contributed by atoms with E-state index in [0.29, 0.717) is 17.9 Å². The monoisotopic (exact) mass is 318 g/mol. The molecular weight excluding hydrogens is 291 g/mol. The van der Waals surface area contributed by atoms with Crippen molar-refractivity contribution in [1.29, 1.82) is 0 Å². The first-order chi connectivity index (χ1) is 10.5. The summed E-state index contributed by atoms with van der Waals surface area (Å²) in [4.78, 5) is 7.31. The normalized spacial score (nSPS) is 29.0. The predicted octanol–water partition coefficient (Wildman–Crippen LogP) is 1.84. The average molecular weight is 318 g/mol. The van der Waals surface area contributed by atoms with Crippen molar-refractivity contribution >= 4 is 13.9 Å². The van der Waals surface area contributed by atoms with Gasteiger partial charge in [-0.1, -0.05) is 69.4 Å². The predicted molar refractivity (Wildman–Crippen MR) is 99.0 cm³/mol. The third kappa shape index (κ3) is 3.54. The molecule has 2 aliphatic carbocycles. The molecule has 4 unspecified atom stereocenters. The summed E-state index contributed by atoms with van der Waals surface area (Å²) in [5.41, 5.74) is 2.06. The van der Waals surface area contributed by atoms with Gasteiger partial charge in [-0.25, -0.2) is 0 Å². The van der Waals surface area contributed by atoms with Crippen LogP contribution in [0.15, 0.2) is 54.6 Å². The molecule has 1 fully saturated rings. The Kier molecular flexibility index (Phi) is 6.02. The third-order valence-electron chi connectivity index (χ3n) is 5.77. The van der Waals surface area contributed by atoms with Crippen LogP contribution in [0.3, 0.4) is 0 Å². The Bertz CT molecular complexity index is 570. The molecular formula is C19H27LiN2Si. The smallest absolute Gasteiger partial charge is 0.667 e. The van der Waals surface area contributed by atoms with Crippen LogP contribution in [0, 0.1) is 11.8 Å². The van der Waals surface area contributed by atoms with Gasteiger partial charge in [0.15, 0.2) is 0 Å². The van der Waals surface area contributed by atoms with Crippen LogP contribution in [0.4, 0.5) is 5.69 Å². The molecule has 23 heavy (non-hydrogen) atoms. The van der Waals surface area contributed by atoms with Crippen molar-refractivity contribution in [2.45, 2.75) is 31.1 Å². The molecule has 0 aliphatic heterocycles. The number of benzene rings is 1. The van der Waals surface area contributed by atoms with Gasteiger partial charge in [-0.2, -0.15) is 7.05 Å². The van der Waals surface area contributed by atoms with Crippen LogP contribution in [-0.2, 0) is 0 Å². The van der Waals surface area contributed by atoms with E-state index >= 15 is 0 Å². The summed E-state index contributed by atoms with van der Waals surface area (Å²) in [6.07, 6.45) is 10.6. The Hall–Kier alpha value is -0.726. The van der Waals surface area contributed by atoms with Crippen LogP contribution in [0.1, 0.15) is 6.42 Å². The Morgan fingerprint density at radius 3 is 2.26 bits per heavy atom. The molecule has 118 valence electrons. The molecule has 4 heteroatoms. The SMILES string of the molecule is C[N-][Si](C)(C)C1CC(N(C)c2ccccc2)C2C=CC=CC21.[Li+]. The number of rotatable bonds is 4. The molecule has 1 saturated carbocycles. The maximum absolute atomic E-state index is 4.82. The minimum Gasteiger partial charge on any atom is -0.667 e. The van der Waals surface area contributed by atoms with Gasteiger partial charge in [0.05, 0.1) is 0 Å². The maximum Gasteiger partial charge on any atom is 1.00 e. The summed E-state index contributed by atoms with van der Waals surface area (Å²) in [5.74, 6) is 1.28. The van der Waals surface area contributed by atoms with E-state index in [2.05, 4.69) is 79.7 Å². The van der Waals surface area contributed by atoms with Crippen LogP contribution in [-0.4, -0.2) is 28.4 Å². The second-order valence-corrected chi connectivity index (χ2v) is 11.7. The summed E-state index contributed by atoms with van der Waals surface area (Å²) in [6, 6.07) is 11.4. The van der Waals surface area contributed by atoms with Gasteiger partial charge >= 0.3 is 18.9 Å². The van der Waals surface area contributed by atoms with Crippen LogP contribution in [0.2, 0.25) is 18.6 Å². The van der Waals surface area contributed by atoms with Crippen LogP contribution in [0.25, 0.3) is 4.98 Å². The van der Waals surface area contributed by atoms with Gasteiger partial charge in [0.2, 0.25) is 0 Å². The number of hydrogen-bond acceptors (Lipinski definition) is 1. The van der Waals surface area contributed by atoms with Crippen molar-refractivity contribution in [2.75, 3.05) is 19.0 Å². The van der Waals surface area contributed by atoms with Crippen LogP contribution in [0.5, 0.6) is 0 Å². The van der Waals surface area contributed by atoms with E-state index in [1.165, 1.54) is 12.1 Å². The summed E-state index contributed by atoms with van der Waals surface area (Å²) < 4.78 is 0. The number of para-hydroxylation sites is 1. The number of hydrogen-bond donors (Lipinski definition) is 0. The first-order valence-electron chi connectivity index (χ1n) is 8.28. The van der Waals surface area contributed by atoms with Crippen molar-refractivity contribution < 1.29 is 18.9 Å². The summed E-state index contributed by atoms with van der Waals surface area (Å²) >= 11 is 0. The number of nitrogens with zero attached hydrogens (tertiary/aromatic N) is 2. The molecule has 0 radical (unpaired) electrons. The van der Waals surface area contributed by atoms with E-state index < -0.39 is 8.24 Å². The molecule has 0 spiro atoms. The fourth-order valence-electron chi connectivity index (χ4n) is 4.20. The average Bonchev–Trinajstić information content (AvgIpc) is 2.95. The standard InChI is InChI=1S/C19H27N2Si.Li/c1-20-22(3,4)19-14-18(16-12-8-9-13-17(16)19)21(2)15-10-6-5-7-11-15;/h5-13,16-19H,14H2,1-4H3;/q-1;+1. The molecule has 0 N–H and O–H groups in total. The van der Waals surface area contributed by atoms with Crippen molar-refractivity contribution in [2.24, 2.45) is 11.8 Å². The van der Waals surface area contributed by atoms with E-state index in [4.69, 9.17) is 4.98 Å². The third-order valence-corrected chi connectivity index (χ3v) is 9.36. The van der Waals surface area contributed by atoms with E-state index in [0.717, 1.165) is 5.54 Å². The zero-order valence-corrected chi connectivity index (χ0v) is 16.1. The molecule has 3 rings (SSSR count). The maximum atomic E-state index is 4.82. The van der Waals surface area contributed by atoms with Crippen molar-refractivity contribution in [3.63, 3.8) is 0 Å². The number of anilines is 1. The van der Waals surface area contributed by atoms with Crippen molar-refractivity contribution in [3.8, 4) is 0 Å². The first kappa shape index (κ1) is 18.6. The second-order valence-electron chi connectivity index (χ2n) is 7.16. The van der Waals surface area contributed by atoms with Gasteiger partial charge in [0.25, 0.3) is 0 Å². The fourth-order valence-corrected chi connectivity index (χ4v) is 6.62.